The maximum Gasteiger partial charge on any atom is 0.257 e. The van der Waals surface area contributed by atoms with Gasteiger partial charge in [-0.3, -0.25) is 9.78 Å². The molecular weight excluding hydrogens is 352 g/mol. The lowest BCUT2D eigenvalue weighted by Gasteiger charge is -2.09. The number of nitrogens with zero attached hydrogens (tertiary/aromatic N) is 1. The number of pyridine rings is 1. The minimum Gasteiger partial charge on any atom is -0.321 e. The molecule has 0 spiro atoms. The van der Waals surface area contributed by atoms with E-state index in [4.69, 9.17) is 11.6 Å². The van der Waals surface area contributed by atoms with Crippen LogP contribution in [0.15, 0.2) is 59.2 Å². The lowest BCUT2D eigenvalue weighted by molar-refractivity contribution is 0.102. The Bertz CT molecular complexity index is 830. The molecule has 0 saturated carbocycles. The normalized spacial score (nSPS) is 10.6. The van der Waals surface area contributed by atoms with Crippen LogP contribution in [0.1, 0.15) is 10.4 Å². The first kappa shape index (κ1) is 14.0. The maximum atomic E-state index is 12.5. The Balaban J connectivity index is 2.00. The summed E-state index contributed by atoms with van der Waals surface area (Å²) in [7, 11) is 0. The summed E-state index contributed by atoms with van der Waals surface area (Å²) in [5.41, 5.74) is 1.83. The van der Waals surface area contributed by atoms with Crippen molar-refractivity contribution in [3.8, 4) is 0 Å². The number of aromatic nitrogens is 1. The minimum absolute atomic E-state index is 0.220. The Labute approximate surface area is 135 Å². The van der Waals surface area contributed by atoms with Crippen molar-refractivity contribution in [3.63, 3.8) is 0 Å². The van der Waals surface area contributed by atoms with Crippen LogP contribution in [0, 0.1) is 0 Å². The standard InChI is InChI=1S/C16H10BrClN2O/c17-14-12(18)7-2-8-13(14)20-16(21)11-6-1-4-10-5-3-9-19-15(10)11/h1-9H,(H,20,21). The van der Waals surface area contributed by atoms with E-state index in [1.54, 1.807) is 30.5 Å². The van der Waals surface area contributed by atoms with Crippen molar-refractivity contribution in [1.29, 1.82) is 0 Å². The number of carbonyl (C=O) groups excluding carboxylic acids is 1. The molecular formula is C16H10BrClN2O. The molecule has 1 aromatic heterocycles. The third-order valence-electron chi connectivity index (χ3n) is 3.08. The van der Waals surface area contributed by atoms with Gasteiger partial charge < -0.3 is 5.32 Å². The summed E-state index contributed by atoms with van der Waals surface area (Å²) in [5.74, 6) is -0.220. The zero-order valence-corrected chi connectivity index (χ0v) is 13.1. The average molecular weight is 362 g/mol. The van der Waals surface area contributed by atoms with Gasteiger partial charge in [-0.15, -0.1) is 0 Å². The first-order valence-corrected chi connectivity index (χ1v) is 7.43. The summed E-state index contributed by atoms with van der Waals surface area (Å²) in [4.78, 5) is 16.8. The Morgan fingerprint density at radius 2 is 1.86 bits per heavy atom. The van der Waals surface area contributed by atoms with E-state index in [2.05, 4.69) is 26.2 Å². The topological polar surface area (TPSA) is 42.0 Å². The van der Waals surface area contributed by atoms with Crippen LogP contribution in [-0.4, -0.2) is 10.9 Å². The van der Waals surface area contributed by atoms with Crippen molar-refractivity contribution in [2.45, 2.75) is 0 Å². The van der Waals surface area contributed by atoms with Crippen LogP contribution in [0.3, 0.4) is 0 Å². The number of amides is 1. The molecule has 2 aromatic carbocycles. The lowest BCUT2D eigenvalue weighted by atomic mass is 10.1. The first-order chi connectivity index (χ1) is 10.2. The monoisotopic (exact) mass is 360 g/mol. The molecule has 104 valence electrons. The van der Waals surface area contributed by atoms with E-state index in [0.717, 1.165) is 5.39 Å². The minimum atomic E-state index is -0.220. The molecule has 1 N–H and O–H groups in total. The van der Waals surface area contributed by atoms with E-state index in [-0.39, 0.29) is 5.91 Å². The van der Waals surface area contributed by atoms with Crippen LogP contribution >= 0.6 is 27.5 Å². The van der Waals surface area contributed by atoms with Gasteiger partial charge in [0.15, 0.2) is 0 Å². The summed E-state index contributed by atoms with van der Waals surface area (Å²) in [5, 5.41) is 4.32. The second-order valence-electron chi connectivity index (χ2n) is 4.44. The van der Waals surface area contributed by atoms with Gasteiger partial charge in [-0.05, 0) is 40.2 Å². The highest BCUT2D eigenvalue weighted by atomic mass is 79.9. The van der Waals surface area contributed by atoms with E-state index in [1.165, 1.54) is 0 Å². The van der Waals surface area contributed by atoms with Crippen LogP contribution in [0.4, 0.5) is 5.69 Å². The van der Waals surface area contributed by atoms with Gasteiger partial charge in [0, 0.05) is 11.6 Å². The number of nitrogens with one attached hydrogen (secondary N) is 1. The van der Waals surface area contributed by atoms with Gasteiger partial charge in [0.25, 0.3) is 5.91 Å². The molecule has 1 amide bonds. The number of anilines is 1. The highest BCUT2D eigenvalue weighted by Gasteiger charge is 2.13. The molecule has 3 rings (SSSR count). The van der Waals surface area contributed by atoms with Crippen molar-refractivity contribution in [3.05, 3.63) is 69.8 Å². The van der Waals surface area contributed by atoms with E-state index in [9.17, 15) is 4.79 Å². The fraction of sp³-hybridized carbons (Fsp3) is 0. The van der Waals surface area contributed by atoms with Crippen molar-refractivity contribution < 1.29 is 4.79 Å². The van der Waals surface area contributed by atoms with Gasteiger partial charge in [0.05, 0.1) is 26.3 Å². The molecule has 0 saturated heterocycles. The Hall–Kier alpha value is -1.91. The van der Waals surface area contributed by atoms with E-state index in [0.29, 0.717) is 26.3 Å². The first-order valence-electron chi connectivity index (χ1n) is 6.26. The number of carbonyl (C=O) groups is 1. The van der Waals surface area contributed by atoms with Gasteiger partial charge in [0.2, 0.25) is 0 Å². The predicted molar refractivity (Wildman–Crippen MR) is 88.8 cm³/mol. The van der Waals surface area contributed by atoms with Crippen LogP contribution in [0.25, 0.3) is 10.9 Å². The molecule has 0 aliphatic carbocycles. The zero-order valence-electron chi connectivity index (χ0n) is 10.8. The number of fused-ring (bicyclic) bond motifs is 1. The molecule has 5 heteroatoms. The zero-order chi connectivity index (χ0) is 14.8. The maximum absolute atomic E-state index is 12.5. The fourth-order valence-electron chi connectivity index (χ4n) is 2.08. The molecule has 0 aliphatic rings. The highest BCUT2D eigenvalue weighted by molar-refractivity contribution is 9.10. The molecule has 0 fully saturated rings. The highest BCUT2D eigenvalue weighted by Crippen LogP contribution is 2.30. The van der Waals surface area contributed by atoms with Gasteiger partial charge in [0.1, 0.15) is 0 Å². The molecule has 0 bridgehead atoms. The number of para-hydroxylation sites is 1. The third kappa shape index (κ3) is 2.77. The van der Waals surface area contributed by atoms with Gasteiger partial charge in [-0.25, -0.2) is 0 Å². The third-order valence-corrected chi connectivity index (χ3v) is 4.47. The second kappa shape index (κ2) is 5.84. The summed E-state index contributed by atoms with van der Waals surface area (Å²) in [6.07, 6.45) is 1.68. The number of hydrogen-bond acceptors (Lipinski definition) is 2. The Morgan fingerprint density at radius 3 is 2.71 bits per heavy atom. The number of halogens is 2. The molecule has 3 nitrogen and oxygen atoms in total. The summed E-state index contributed by atoms with van der Waals surface area (Å²) < 4.78 is 0.660. The fourth-order valence-corrected chi connectivity index (χ4v) is 2.62. The van der Waals surface area contributed by atoms with Crippen molar-refractivity contribution in [2.75, 3.05) is 5.32 Å². The molecule has 3 aromatic rings. The smallest absolute Gasteiger partial charge is 0.257 e. The Kier molecular flexibility index (Phi) is 3.90. The summed E-state index contributed by atoms with van der Waals surface area (Å²) in [6, 6.07) is 14.6. The lowest BCUT2D eigenvalue weighted by Crippen LogP contribution is -2.13. The van der Waals surface area contributed by atoms with Crippen LogP contribution < -0.4 is 5.32 Å². The summed E-state index contributed by atoms with van der Waals surface area (Å²) >= 11 is 9.40. The molecule has 0 aliphatic heterocycles. The second-order valence-corrected chi connectivity index (χ2v) is 5.64. The molecule has 0 atom stereocenters. The molecule has 0 unspecified atom stereocenters. The van der Waals surface area contributed by atoms with Gasteiger partial charge in [-0.1, -0.05) is 35.9 Å². The van der Waals surface area contributed by atoms with Crippen LogP contribution in [-0.2, 0) is 0 Å². The van der Waals surface area contributed by atoms with Crippen molar-refractivity contribution in [2.24, 2.45) is 0 Å². The van der Waals surface area contributed by atoms with Crippen molar-refractivity contribution in [1.82, 2.24) is 4.98 Å². The molecule has 1 heterocycles. The number of rotatable bonds is 2. The molecule has 0 radical (unpaired) electrons. The molecule has 21 heavy (non-hydrogen) atoms. The van der Waals surface area contributed by atoms with Crippen LogP contribution in [0.5, 0.6) is 0 Å². The largest absolute Gasteiger partial charge is 0.321 e. The van der Waals surface area contributed by atoms with Gasteiger partial charge in [-0.2, -0.15) is 0 Å². The number of benzene rings is 2. The van der Waals surface area contributed by atoms with E-state index in [1.807, 2.05) is 24.3 Å². The van der Waals surface area contributed by atoms with E-state index < -0.39 is 0 Å². The van der Waals surface area contributed by atoms with Crippen molar-refractivity contribution >= 4 is 50.0 Å². The summed E-state index contributed by atoms with van der Waals surface area (Å²) in [6.45, 7) is 0. The predicted octanol–water partition coefficient (Wildman–Crippen LogP) is 4.90. The van der Waals surface area contributed by atoms with E-state index >= 15 is 0 Å². The number of hydrogen-bond donors (Lipinski definition) is 1. The van der Waals surface area contributed by atoms with Gasteiger partial charge >= 0.3 is 0 Å². The quantitative estimate of drug-likeness (QED) is 0.705. The Morgan fingerprint density at radius 1 is 1.10 bits per heavy atom. The SMILES string of the molecule is O=C(Nc1cccc(Cl)c1Br)c1cccc2cccnc12. The van der Waals surface area contributed by atoms with Crippen LogP contribution in [0.2, 0.25) is 5.02 Å². The average Bonchev–Trinajstić information content (AvgIpc) is 2.51.